The number of halogens is 1. The lowest BCUT2D eigenvalue weighted by Gasteiger charge is -2.31. The van der Waals surface area contributed by atoms with E-state index in [1.165, 1.54) is 0 Å². The summed E-state index contributed by atoms with van der Waals surface area (Å²) in [7, 11) is -3.40. The van der Waals surface area contributed by atoms with Crippen molar-refractivity contribution in [3.05, 3.63) is 29.8 Å². The Morgan fingerprint density at radius 2 is 1.88 bits per heavy atom. The van der Waals surface area contributed by atoms with Gasteiger partial charge in [-0.3, -0.25) is 0 Å². The molecule has 1 fully saturated rings. The first-order valence-corrected chi connectivity index (χ1v) is 9.54. The van der Waals surface area contributed by atoms with Gasteiger partial charge < -0.3 is 10.6 Å². The summed E-state index contributed by atoms with van der Waals surface area (Å²) in [5.41, 5.74) is 6.99. The van der Waals surface area contributed by atoms with Gasteiger partial charge in [0.2, 0.25) is 10.0 Å². The van der Waals surface area contributed by atoms with Crippen LogP contribution in [-0.4, -0.2) is 38.9 Å². The van der Waals surface area contributed by atoms with Crippen LogP contribution in [0, 0.1) is 5.92 Å². The summed E-state index contributed by atoms with van der Waals surface area (Å²) in [5, 5.41) is 0. The van der Waals surface area contributed by atoms with Crippen molar-refractivity contribution in [2.75, 3.05) is 19.6 Å². The van der Waals surface area contributed by atoms with E-state index in [9.17, 15) is 8.42 Å². The van der Waals surface area contributed by atoms with Gasteiger partial charge in [-0.1, -0.05) is 26.0 Å². The fraction of sp³-hybridized carbons (Fsp3) is 0.562. The van der Waals surface area contributed by atoms with Crippen LogP contribution in [-0.2, 0) is 16.6 Å². The molecule has 1 aliphatic rings. The second-order valence-corrected chi connectivity index (χ2v) is 7.76. The van der Waals surface area contributed by atoms with E-state index >= 15 is 0 Å². The Kier molecular flexibility index (Phi) is 8.44. The van der Waals surface area contributed by atoms with Crippen molar-refractivity contribution in [2.24, 2.45) is 16.6 Å². The normalized spacial score (nSPS) is 16.8. The molecule has 0 radical (unpaired) electrons. The molecule has 0 amide bonds. The zero-order chi connectivity index (χ0) is 16.9. The van der Waals surface area contributed by atoms with E-state index in [2.05, 4.69) is 21.5 Å². The van der Waals surface area contributed by atoms with Crippen molar-refractivity contribution in [2.45, 2.75) is 38.1 Å². The SMILES string of the molecule is CCNS(=O)(=O)c1ccc(CN=C(N)N2CCC(C)CC2)cc1.I. The zero-order valence-electron chi connectivity index (χ0n) is 14.2. The van der Waals surface area contributed by atoms with Crippen LogP contribution in [0.1, 0.15) is 32.3 Å². The average Bonchev–Trinajstić information content (AvgIpc) is 2.53. The van der Waals surface area contributed by atoms with E-state index in [1.54, 1.807) is 31.2 Å². The molecule has 1 aliphatic heterocycles. The summed E-state index contributed by atoms with van der Waals surface area (Å²) >= 11 is 0. The highest BCUT2D eigenvalue weighted by molar-refractivity contribution is 14.0. The third-order valence-corrected chi connectivity index (χ3v) is 5.66. The predicted molar refractivity (Wildman–Crippen MR) is 108 cm³/mol. The molecule has 1 saturated heterocycles. The lowest BCUT2D eigenvalue weighted by Crippen LogP contribution is -2.42. The Bertz CT molecular complexity index is 639. The third-order valence-electron chi connectivity index (χ3n) is 4.10. The minimum absolute atomic E-state index is 0. The Morgan fingerprint density at radius 1 is 1.29 bits per heavy atom. The summed E-state index contributed by atoms with van der Waals surface area (Å²) in [6.45, 7) is 6.75. The molecule has 8 heteroatoms. The maximum absolute atomic E-state index is 11.9. The standard InChI is InChI=1S/C16H26N4O2S.HI/c1-3-19-23(21,22)15-6-4-14(5-7-15)12-18-16(17)20-10-8-13(2)9-11-20;/h4-7,13,19H,3,8-12H2,1-2H3,(H2,17,18);1H. The first kappa shape index (κ1) is 21.2. The summed E-state index contributed by atoms with van der Waals surface area (Å²) in [5.74, 6) is 1.33. The number of likely N-dealkylation sites (tertiary alicyclic amines) is 1. The molecule has 1 aromatic rings. The van der Waals surface area contributed by atoms with Gasteiger partial charge >= 0.3 is 0 Å². The van der Waals surface area contributed by atoms with Crippen molar-refractivity contribution >= 4 is 40.0 Å². The molecule has 0 bridgehead atoms. The number of hydrogen-bond acceptors (Lipinski definition) is 3. The van der Waals surface area contributed by atoms with Crippen molar-refractivity contribution < 1.29 is 8.42 Å². The van der Waals surface area contributed by atoms with Crippen LogP contribution in [0.5, 0.6) is 0 Å². The smallest absolute Gasteiger partial charge is 0.240 e. The second-order valence-electron chi connectivity index (χ2n) is 5.99. The van der Waals surface area contributed by atoms with Crippen LogP contribution in [0.4, 0.5) is 0 Å². The van der Waals surface area contributed by atoms with Gasteiger partial charge in [0.25, 0.3) is 0 Å². The number of nitrogens with zero attached hydrogens (tertiary/aromatic N) is 2. The van der Waals surface area contributed by atoms with Gasteiger partial charge in [-0.15, -0.1) is 24.0 Å². The van der Waals surface area contributed by atoms with Gasteiger partial charge in [0.15, 0.2) is 5.96 Å². The highest BCUT2D eigenvalue weighted by Crippen LogP contribution is 2.16. The number of aliphatic imine (C=N–C) groups is 1. The molecule has 0 atom stereocenters. The number of benzene rings is 1. The van der Waals surface area contributed by atoms with Crippen molar-refractivity contribution in [1.82, 2.24) is 9.62 Å². The molecule has 1 heterocycles. The fourth-order valence-electron chi connectivity index (χ4n) is 2.56. The maximum Gasteiger partial charge on any atom is 0.240 e. The second kappa shape index (κ2) is 9.57. The maximum atomic E-state index is 11.9. The molecule has 0 saturated carbocycles. The van der Waals surface area contributed by atoms with Crippen molar-refractivity contribution in [3.63, 3.8) is 0 Å². The van der Waals surface area contributed by atoms with Crippen molar-refractivity contribution in [1.29, 1.82) is 0 Å². The van der Waals surface area contributed by atoms with Gasteiger partial charge in [0.1, 0.15) is 0 Å². The van der Waals surface area contributed by atoms with Crippen LogP contribution in [0.3, 0.4) is 0 Å². The molecule has 0 unspecified atom stereocenters. The van der Waals surface area contributed by atoms with Gasteiger partial charge in [-0.05, 0) is 36.5 Å². The van der Waals surface area contributed by atoms with E-state index in [0.717, 1.165) is 37.4 Å². The topological polar surface area (TPSA) is 87.8 Å². The lowest BCUT2D eigenvalue weighted by atomic mass is 10.00. The number of guanidine groups is 1. The number of piperidine rings is 1. The van der Waals surface area contributed by atoms with Gasteiger partial charge in [0, 0.05) is 19.6 Å². The Hall–Kier alpha value is -0.870. The van der Waals surface area contributed by atoms with E-state index in [1.807, 2.05) is 0 Å². The van der Waals surface area contributed by atoms with E-state index in [0.29, 0.717) is 19.0 Å². The lowest BCUT2D eigenvalue weighted by molar-refractivity contribution is 0.277. The molecule has 24 heavy (non-hydrogen) atoms. The highest BCUT2D eigenvalue weighted by Gasteiger charge is 2.17. The predicted octanol–water partition coefficient (Wildman–Crippen LogP) is 2.15. The first-order valence-electron chi connectivity index (χ1n) is 8.06. The minimum Gasteiger partial charge on any atom is -0.370 e. The molecule has 0 spiro atoms. The van der Waals surface area contributed by atoms with Gasteiger partial charge in [-0.25, -0.2) is 18.1 Å². The average molecular weight is 466 g/mol. The van der Waals surface area contributed by atoms with E-state index < -0.39 is 10.0 Å². The molecule has 0 aliphatic carbocycles. The summed E-state index contributed by atoms with van der Waals surface area (Å²) in [6.07, 6.45) is 2.29. The number of nitrogens with one attached hydrogen (secondary N) is 1. The Balaban J connectivity index is 0.00000288. The Morgan fingerprint density at radius 3 is 2.42 bits per heavy atom. The third kappa shape index (κ3) is 5.89. The molecule has 3 N–H and O–H groups in total. The quantitative estimate of drug-likeness (QED) is 0.396. The highest BCUT2D eigenvalue weighted by atomic mass is 127. The number of sulfonamides is 1. The Labute approximate surface area is 162 Å². The molecule has 2 rings (SSSR count). The summed E-state index contributed by atoms with van der Waals surface area (Å²) in [4.78, 5) is 6.81. The largest absolute Gasteiger partial charge is 0.370 e. The van der Waals surface area contributed by atoms with Crippen LogP contribution < -0.4 is 10.5 Å². The minimum atomic E-state index is -3.40. The van der Waals surface area contributed by atoms with E-state index in [4.69, 9.17) is 5.73 Å². The molecular formula is C16H27IN4O2S. The van der Waals surface area contributed by atoms with E-state index in [-0.39, 0.29) is 28.9 Å². The summed E-state index contributed by atoms with van der Waals surface area (Å²) in [6, 6.07) is 6.75. The van der Waals surface area contributed by atoms with Crippen LogP contribution >= 0.6 is 24.0 Å². The first-order chi connectivity index (χ1) is 10.9. The van der Waals surface area contributed by atoms with Crippen LogP contribution in [0.25, 0.3) is 0 Å². The van der Waals surface area contributed by atoms with Crippen molar-refractivity contribution in [3.8, 4) is 0 Å². The number of hydrogen-bond donors (Lipinski definition) is 2. The molecule has 6 nitrogen and oxygen atoms in total. The molecule has 1 aromatic carbocycles. The van der Waals surface area contributed by atoms with Gasteiger partial charge in [-0.2, -0.15) is 0 Å². The number of nitrogens with two attached hydrogens (primary N) is 1. The summed E-state index contributed by atoms with van der Waals surface area (Å²) < 4.78 is 26.2. The fourth-order valence-corrected chi connectivity index (χ4v) is 3.60. The van der Waals surface area contributed by atoms with Crippen LogP contribution in [0.2, 0.25) is 0 Å². The number of rotatable bonds is 5. The zero-order valence-corrected chi connectivity index (χ0v) is 17.4. The molecular weight excluding hydrogens is 439 g/mol. The van der Waals surface area contributed by atoms with Gasteiger partial charge in [0.05, 0.1) is 11.4 Å². The monoisotopic (exact) mass is 466 g/mol. The molecule has 136 valence electrons. The van der Waals surface area contributed by atoms with Crippen LogP contribution in [0.15, 0.2) is 34.2 Å². The molecule has 0 aromatic heterocycles.